The number of hydrogen-bond acceptors (Lipinski definition) is 4. The van der Waals surface area contributed by atoms with Crippen LogP contribution in [0.2, 0.25) is 0 Å². The lowest BCUT2D eigenvalue weighted by Crippen LogP contribution is -2.14. The molecule has 2 N–H and O–H groups in total. The summed E-state index contributed by atoms with van der Waals surface area (Å²) >= 11 is 0. The molecule has 86 valence electrons. The van der Waals surface area contributed by atoms with Crippen molar-refractivity contribution in [2.75, 3.05) is 11.9 Å². The molecule has 0 radical (unpaired) electrons. The summed E-state index contributed by atoms with van der Waals surface area (Å²) in [6.07, 6.45) is 0.575. The van der Waals surface area contributed by atoms with E-state index in [0.29, 0.717) is 19.3 Å². The maximum absolute atomic E-state index is 11.2. The fourth-order valence-electron chi connectivity index (χ4n) is 1.10. The number of anilines is 1. The second-order valence-electron chi connectivity index (χ2n) is 3.12. The van der Waals surface area contributed by atoms with Crippen LogP contribution in [0.3, 0.4) is 0 Å². The van der Waals surface area contributed by atoms with Gasteiger partial charge in [0.1, 0.15) is 5.75 Å². The van der Waals surface area contributed by atoms with E-state index in [2.05, 4.69) is 5.32 Å². The number of carbonyl (C=O) groups is 2. The molecule has 0 heterocycles. The van der Waals surface area contributed by atoms with E-state index in [1.807, 2.05) is 6.92 Å². The molecule has 5 nitrogen and oxygen atoms in total. The zero-order valence-electron chi connectivity index (χ0n) is 8.90. The van der Waals surface area contributed by atoms with Crippen LogP contribution in [-0.2, 0) is 4.74 Å². The molecule has 0 aliphatic heterocycles. The number of para-hydroxylation sites is 1. The molecule has 0 aliphatic carbocycles. The number of aromatic hydroxyl groups is 1. The second-order valence-corrected chi connectivity index (χ2v) is 3.12. The molecular formula is C11H13NO4. The average molecular weight is 223 g/mol. The van der Waals surface area contributed by atoms with Gasteiger partial charge in [0, 0.05) is 0 Å². The van der Waals surface area contributed by atoms with Gasteiger partial charge in [-0.15, -0.1) is 0 Å². The highest BCUT2D eigenvalue weighted by Gasteiger charge is 2.09. The van der Waals surface area contributed by atoms with Gasteiger partial charge in [-0.3, -0.25) is 10.1 Å². The van der Waals surface area contributed by atoms with Crippen molar-refractivity contribution in [2.45, 2.75) is 13.3 Å². The lowest BCUT2D eigenvalue weighted by molar-refractivity contribution is 0.112. The zero-order valence-corrected chi connectivity index (χ0v) is 8.90. The van der Waals surface area contributed by atoms with E-state index < -0.39 is 6.09 Å². The summed E-state index contributed by atoms with van der Waals surface area (Å²) in [6.45, 7) is 2.18. The topological polar surface area (TPSA) is 75.6 Å². The quantitative estimate of drug-likeness (QED) is 0.605. The molecule has 0 bridgehead atoms. The Balaban J connectivity index is 2.73. The first-order valence-electron chi connectivity index (χ1n) is 4.90. The third-order valence-corrected chi connectivity index (χ3v) is 1.87. The van der Waals surface area contributed by atoms with E-state index >= 15 is 0 Å². The van der Waals surface area contributed by atoms with Crippen LogP contribution >= 0.6 is 0 Å². The smallest absolute Gasteiger partial charge is 0.411 e. The number of phenols is 1. The zero-order chi connectivity index (χ0) is 12.0. The van der Waals surface area contributed by atoms with E-state index in [9.17, 15) is 14.7 Å². The molecule has 1 aromatic rings. The molecule has 0 fully saturated rings. The fraction of sp³-hybridized carbons (Fsp3) is 0.273. The second kappa shape index (κ2) is 5.75. The standard InChI is InChI=1S/C11H13NO4/c1-2-6-16-11(15)12-9-5-3-4-8(7-13)10(9)14/h3-5,7,14H,2,6H2,1H3,(H,12,15). The van der Waals surface area contributed by atoms with Crippen LogP contribution in [0.5, 0.6) is 5.75 Å². The number of ether oxygens (including phenoxy) is 1. The van der Waals surface area contributed by atoms with Crippen LogP contribution in [0.1, 0.15) is 23.7 Å². The summed E-state index contributed by atoms with van der Waals surface area (Å²) in [5, 5.41) is 11.9. The van der Waals surface area contributed by atoms with Crippen molar-refractivity contribution >= 4 is 18.1 Å². The number of carbonyl (C=O) groups excluding carboxylic acids is 2. The highest BCUT2D eigenvalue weighted by molar-refractivity contribution is 5.91. The Morgan fingerprint density at radius 1 is 1.56 bits per heavy atom. The number of benzene rings is 1. The van der Waals surface area contributed by atoms with Gasteiger partial charge in [-0.25, -0.2) is 4.79 Å². The minimum absolute atomic E-state index is 0.119. The van der Waals surface area contributed by atoms with Gasteiger partial charge < -0.3 is 9.84 Å². The summed E-state index contributed by atoms with van der Waals surface area (Å²) in [5.41, 5.74) is 0.277. The molecule has 5 heteroatoms. The average Bonchev–Trinajstić information content (AvgIpc) is 2.29. The van der Waals surface area contributed by atoms with Crippen molar-refractivity contribution in [1.29, 1.82) is 0 Å². The molecular weight excluding hydrogens is 210 g/mol. The number of phenolic OH excluding ortho intramolecular Hbond substituents is 1. The third kappa shape index (κ3) is 2.98. The summed E-state index contributed by atoms with van der Waals surface area (Å²) in [7, 11) is 0. The first-order chi connectivity index (χ1) is 7.69. The minimum atomic E-state index is -0.653. The summed E-state index contributed by atoms with van der Waals surface area (Å²) in [6, 6.07) is 4.49. The number of aldehydes is 1. The van der Waals surface area contributed by atoms with Gasteiger partial charge in [0.05, 0.1) is 17.9 Å². The summed E-state index contributed by atoms with van der Waals surface area (Å²) < 4.78 is 4.77. The maximum Gasteiger partial charge on any atom is 0.411 e. The van der Waals surface area contributed by atoms with Gasteiger partial charge in [0.15, 0.2) is 6.29 Å². The number of amides is 1. The summed E-state index contributed by atoms with van der Waals surface area (Å²) in [5.74, 6) is -0.258. The monoisotopic (exact) mass is 223 g/mol. The molecule has 0 aromatic heterocycles. The first kappa shape index (κ1) is 12.0. The maximum atomic E-state index is 11.2. The highest BCUT2D eigenvalue weighted by atomic mass is 16.5. The predicted octanol–water partition coefficient (Wildman–Crippen LogP) is 2.16. The molecule has 0 aliphatic rings. The van der Waals surface area contributed by atoms with Crippen molar-refractivity contribution in [3.63, 3.8) is 0 Å². The van der Waals surface area contributed by atoms with E-state index in [0.717, 1.165) is 0 Å². The Morgan fingerprint density at radius 2 is 2.31 bits per heavy atom. The summed E-state index contributed by atoms with van der Waals surface area (Å²) in [4.78, 5) is 21.7. The third-order valence-electron chi connectivity index (χ3n) is 1.87. The highest BCUT2D eigenvalue weighted by Crippen LogP contribution is 2.26. The Morgan fingerprint density at radius 3 is 2.94 bits per heavy atom. The van der Waals surface area contributed by atoms with E-state index in [1.54, 1.807) is 6.07 Å². The van der Waals surface area contributed by atoms with Gasteiger partial charge in [-0.1, -0.05) is 13.0 Å². The normalized spacial score (nSPS) is 9.56. The Bertz CT molecular complexity index is 390. The number of hydrogen-bond donors (Lipinski definition) is 2. The van der Waals surface area contributed by atoms with Gasteiger partial charge in [-0.2, -0.15) is 0 Å². The molecule has 0 unspecified atom stereocenters. The molecule has 1 rings (SSSR count). The lowest BCUT2D eigenvalue weighted by Gasteiger charge is -2.08. The van der Waals surface area contributed by atoms with Gasteiger partial charge in [0.2, 0.25) is 0 Å². The van der Waals surface area contributed by atoms with E-state index in [4.69, 9.17) is 4.74 Å². The molecule has 0 saturated heterocycles. The van der Waals surface area contributed by atoms with Crippen molar-refractivity contribution in [3.05, 3.63) is 23.8 Å². The van der Waals surface area contributed by atoms with Crippen LogP contribution in [0, 0.1) is 0 Å². The largest absolute Gasteiger partial charge is 0.505 e. The van der Waals surface area contributed by atoms with Crippen LogP contribution in [0.4, 0.5) is 10.5 Å². The van der Waals surface area contributed by atoms with Crippen LogP contribution in [-0.4, -0.2) is 24.1 Å². The van der Waals surface area contributed by atoms with Crippen LogP contribution in [0.25, 0.3) is 0 Å². The Kier molecular flexibility index (Phi) is 4.32. The molecule has 0 saturated carbocycles. The van der Waals surface area contributed by atoms with Gasteiger partial charge in [-0.05, 0) is 18.6 Å². The molecule has 16 heavy (non-hydrogen) atoms. The Labute approximate surface area is 93.0 Å². The van der Waals surface area contributed by atoms with Crippen molar-refractivity contribution in [2.24, 2.45) is 0 Å². The fourth-order valence-corrected chi connectivity index (χ4v) is 1.10. The molecule has 1 amide bonds. The van der Waals surface area contributed by atoms with E-state index in [-0.39, 0.29) is 17.0 Å². The van der Waals surface area contributed by atoms with Crippen LogP contribution < -0.4 is 5.32 Å². The molecule has 0 atom stereocenters. The van der Waals surface area contributed by atoms with Crippen LogP contribution in [0.15, 0.2) is 18.2 Å². The lowest BCUT2D eigenvalue weighted by atomic mass is 10.2. The number of rotatable bonds is 4. The van der Waals surface area contributed by atoms with E-state index in [1.165, 1.54) is 12.1 Å². The number of nitrogens with one attached hydrogen (secondary N) is 1. The van der Waals surface area contributed by atoms with Crippen molar-refractivity contribution in [1.82, 2.24) is 0 Å². The van der Waals surface area contributed by atoms with Gasteiger partial charge >= 0.3 is 6.09 Å². The SMILES string of the molecule is CCCOC(=O)Nc1cccc(C=O)c1O. The molecule has 1 aromatic carbocycles. The Hall–Kier alpha value is -2.04. The minimum Gasteiger partial charge on any atom is -0.505 e. The van der Waals surface area contributed by atoms with Gasteiger partial charge in [0.25, 0.3) is 0 Å². The predicted molar refractivity (Wildman–Crippen MR) is 58.8 cm³/mol. The van der Waals surface area contributed by atoms with Crippen molar-refractivity contribution in [3.8, 4) is 5.75 Å². The first-order valence-corrected chi connectivity index (χ1v) is 4.90. The molecule has 0 spiro atoms. The van der Waals surface area contributed by atoms with Crippen molar-refractivity contribution < 1.29 is 19.4 Å².